The number of benzene rings is 4. The van der Waals surface area contributed by atoms with Crippen LogP contribution in [-0.4, -0.2) is 0 Å². The van der Waals surface area contributed by atoms with Crippen molar-refractivity contribution in [3.05, 3.63) is 112 Å². The lowest BCUT2D eigenvalue weighted by Crippen LogP contribution is -2.32. The standard InChI is InChI=1S/C25H16ClNO/c26-15-9-11-19-17(13-15)18-14-16(27)10-12-20(18)25(19)21-5-1-3-7-23(21)28-24-8-4-2-6-22(24)25/h1-14H,27H2. The topological polar surface area (TPSA) is 35.2 Å². The lowest BCUT2D eigenvalue weighted by atomic mass is 9.66. The summed E-state index contributed by atoms with van der Waals surface area (Å²) in [5.74, 6) is 1.76. The summed E-state index contributed by atoms with van der Waals surface area (Å²) in [7, 11) is 0. The average molecular weight is 382 g/mol. The monoisotopic (exact) mass is 381 g/mol. The molecule has 0 bridgehead atoms. The molecule has 1 aliphatic carbocycles. The van der Waals surface area contributed by atoms with Crippen LogP contribution in [0, 0.1) is 0 Å². The van der Waals surface area contributed by atoms with Gasteiger partial charge in [0, 0.05) is 21.8 Å². The second kappa shape index (κ2) is 5.40. The van der Waals surface area contributed by atoms with Gasteiger partial charge in [-0.2, -0.15) is 0 Å². The number of nitrogen functional groups attached to an aromatic ring is 1. The van der Waals surface area contributed by atoms with E-state index in [0.29, 0.717) is 0 Å². The molecule has 0 atom stereocenters. The molecule has 0 amide bonds. The maximum atomic E-state index is 6.40. The van der Waals surface area contributed by atoms with Gasteiger partial charge < -0.3 is 10.5 Å². The predicted molar refractivity (Wildman–Crippen MR) is 113 cm³/mol. The lowest BCUT2D eigenvalue weighted by molar-refractivity contribution is 0.436. The van der Waals surface area contributed by atoms with E-state index in [2.05, 4.69) is 42.5 Å². The molecular weight excluding hydrogens is 366 g/mol. The van der Waals surface area contributed by atoms with Crippen LogP contribution in [0.4, 0.5) is 5.69 Å². The van der Waals surface area contributed by atoms with Crippen LogP contribution in [0.5, 0.6) is 11.5 Å². The zero-order valence-electron chi connectivity index (χ0n) is 14.9. The first kappa shape index (κ1) is 15.8. The Morgan fingerprint density at radius 2 is 1.21 bits per heavy atom. The van der Waals surface area contributed by atoms with Gasteiger partial charge in [0.1, 0.15) is 11.5 Å². The number of rotatable bonds is 0. The van der Waals surface area contributed by atoms with Crippen LogP contribution in [0.1, 0.15) is 22.3 Å². The highest BCUT2D eigenvalue weighted by Crippen LogP contribution is 2.62. The molecule has 4 aromatic carbocycles. The van der Waals surface area contributed by atoms with Gasteiger partial charge in [0.2, 0.25) is 0 Å². The Kier molecular flexibility index (Phi) is 3.05. The summed E-state index contributed by atoms with van der Waals surface area (Å²) in [6.45, 7) is 0. The molecule has 0 saturated carbocycles. The Bertz CT molecular complexity index is 1180. The molecule has 3 heteroatoms. The van der Waals surface area contributed by atoms with Gasteiger partial charge in [-0.3, -0.25) is 0 Å². The van der Waals surface area contributed by atoms with Gasteiger partial charge in [0.25, 0.3) is 0 Å². The maximum absolute atomic E-state index is 6.40. The summed E-state index contributed by atoms with van der Waals surface area (Å²) in [6.07, 6.45) is 0. The minimum absolute atomic E-state index is 0.450. The molecule has 0 saturated heterocycles. The number of para-hydroxylation sites is 2. The third kappa shape index (κ3) is 1.83. The van der Waals surface area contributed by atoms with E-state index in [1.807, 2.05) is 42.5 Å². The van der Waals surface area contributed by atoms with Crippen molar-refractivity contribution in [2.24, 2.45) is 0 Å². The van der Waals surface area contributed by atoms with E-state index < -0.39 is 5.41 Å². The molecule has 1 aliphatic heterocycles. The third-order valence-corrected chi connectivity index (χ3v) is 6.16. The average Bonchev–Trinajstić information content (AvgIpc) is 2.98. The van der Waals surface area contributed by atoms with Crippen LogP contribution < -0.4 is 10.5 Å². The highest BCUT2D eigenvalue weighted by molar-refractivity contribution is 6.31. The zero-order chi connectivity index (χ0) is 18.9. The second-order valence-electron chi connectivity index (χ2n) is 7.34. The Labute approximate surface area is 168 Å². The molecule has 0 aromatic heterocycles. The van der Waals surface area contributed by atoms with Crippen molar-refractivity contribution in [1.29, 1.82) is 0 Å². The SMILES string of the molecule is Nc1ccc2c(c1)-c1cc(Cl)ccc1C21c2ccccc2Oc2ccccc21. The summed E-state index contributed by atoms with van der Waals surface area (Å²) in [5, 5.41) is 0.720. The first-order chi connectivity index (χ1) is 13.7. The molecule has 1 spiro atoms. The van der Waals surface area contributed by atoms with Crippen molar-refractivity contribution >= 4 is 17.3 Å². The molecule has 0 fully saturated rings. The maximum Gasteiger partial charge on any atom is 0.132 e. The number of halogens is 1. The first-order valence-corrected chi connectivity index (χ1v) is 9.64. The van der Waals surface area contributed by atoms with E-state index in [1.54, 1.807) is 0 Å². The first-order valence-electron chi connectivity index (χ1n) is 9.27. The van der Waals surface area contributed by atoms with E-state index in [9.17, 15) is 0 Å². The minimum atomic E-state index is -0.450. The lowest BCUT2D eigenvalue weighted by Gasteiger charge is -2.39. The van der Waals surface area contributed by atoms with Crippen LogP contribution in [0.25, 0.3) is 11.1 Å². The summed E-state index contributed by atoms with van der Waals surface area (Å²) in [5.41, 5.74) is 13.4. The molecular formula is C25H16ClNO. The molecule has 2 nitrogen and oxygen atoms in total. The molecule has 2 aliphatic rings. The number of anilines is 1. The molecule has 28 heavy (non-hydrogen) atoms. The Morgan fingerprint density at radius 3 is 1.89 bits per heavy atom. The highest BCUT2D eigenvalue weighted by Gasteiger charge is 2.50. The number of fused-ring (bicyclic) bond motifs is 9. The van der Waals surface area contributed by atoms with Gasteiger partial charge in [0.05, 0.1) is 5.41 Å². The molecule has 2 N–H and O–H groups in total. The van der Waals surface area contributed by atoms with E-state index in [1.165, 1.54) is 11.1 Å². The van der Waals surface area contributed by atoms with Crippen molar-refractivity contribution in [3.63, 3.8) is 0 Å². The number of hydrogen-bond donors (Lipinski definition) is 1. The van der Waals surface area contributed by atoms with Crippen molar-refractivity contribution < 1.29 is 4.74 Å². The number of hydrogen-bond acceptors (Lipinski definition) is 2. The minimum Gasteiger partial charge on any atom is -0.457 e. The van der Waals surface area contributed by atoms with Gasteiger partial charge in [-0.15, -0.1) is 0 Å². The molecule has 6 rings (SSSR count). The van der Waals surface area contributed by atoms with Gasteiger partial charge >= 0.3 is 0 Å². The second-order valence-corrected chi connectivity index (χ2v) is 7.78. The van der Waals surface area contributed by atoms with Crippen molar-refractivity contribution in [1.82, 2.24) is 0 Å². The van der Waals surface area contributed by atoms with E-state index >= 15 is 0 Å². The fourth-order valence-corrected chi connectivity index (χ4v) is 5.07. The molecule has 4 aromatic rings. The van der Waals surface area contributed by atoms with Crippen LogP contribution in [0.3, 0.4) is 0 Å². The molecule has 134 valence electrons. The Hall–Kier alpha value is -3.23. The van der Waals surface area contributed by atoms with Crippen LogP contribution in [0.2, 0.25) is 5.02 Å². The van der Waals surface area contributed by atoms with Crippen LogP contribution >= 0.6 is 11.6 Å². The molecule has 0 unspecified atom stereocenters. The van der Waals surface area contributed by atoms with Crippen molar-refractivity contribution in [2.45, 2.75) is 5.41 Å². The molecule has 1 heterocycles. The third-order valence-electron chi connectivity index (χ3n) is 5.93. The number of ether oxygens (including phenoxy) is 1. The fourth-order valence-electron chi connectivity index (χ4n) is 4.90. The summed E-state index contributed by atoms with van der Waals surface area (Å²) in [4.78, 5) is 0. The van der Waals surface area contributed by atoms with Gasteiger partial charge in [0.15, 0.2) is 0 Å². The van der Waals surface area contributed by atoms with Crippen molar-refractivity contribution in [3.8, 4) is 22.6 Å². The smallest absolute Gasteiger partial charge is 0.132 e. The van der Waals surface area contributed by atoms with Gasteiger partial charge in [-0.25, -0.2) is 0 Å². The Balaban J connectivity index is 1.85. The van der Waals surface area contributed by atoms with Crippen LogP contribution in [0.15, 0.2) is 84.9 Å². The normalized spacial score (nSPS) is 14.6. The Morgan fingerprint density at radius 1 is 0.643 bits per heavy atom. The quantitative estimate of drug-likeness (QED) is 0.309. The highest BCUT2D eigenvalue weighted by atomic mass is 35.5. The summed E-state index contributed by atoms with van der Waals surface area (Å²) >= 11 is 6.40. The van der Waals surface area contributed by atoms with Gasteiger partial charge in [-0.1, -0.05) is 60.1 Å². The fraction of sp³-hybridized carbons (Fsp3) is 0.0400. The van der Waals surface area contributed by atoms with E-state index in [4.69, 9.17) is 22.1 Å². The van der Waals surface area contributed by atoms with Crippen LogP contribution in [-0.2, 0) is 5.41 Å². The number of nitrogens with two attached hydrogens (primary N) is 1. The van der Waals surface area contributed by atoms with E-state index in [-0.39, 0.29) is 0 Å². The summed E-state index contributed by atoms with van der Waals surface area (Å²) < 4.78 is 6.29. The zero-order valence-corrected chi connectivity index (χ0v) is 15.7. The van der Waals surface area contributed by atoms with E-state index in [0.717, 1.165) is 44.5 Å². The van der Waals surface area contributed by atoms with Crippen molar-refractivity contribution in [2.75, 3.05) is 5.73 Å². The summed E-state index contributed by atoms with van der Waals surface area (Å²) in [6, 6.07) is 28.9. The van der Waals surface area contributed by atoms with Gasteiger partial charge in [-0.05, 0) is 58.7 Å². The largest absolute Gasteiger partial charge is 0.457 e. The molecule has 0 radical (unpaired) electrons. The predicted octanol–water partition coefficient (Wildman–Crippen LogP) is 6.39.